The molecule has 0 aliphatic carbocycles. The van der Waals surface area contributed by atoms with Crippen LogP contribution in [0.25, 0.3) is 0 Å². The Morgan fingerprint density at radius 3 is 1.25 bits per heavy atom. The van der Waals surface area contributed by atoms with Crippen molar-refractivity contribution in [2.75, 3.05) is 0 Å². The minimum absolute atomic E-state index is 0.0166. The molecule has 0 N–H and O–H groups in total. The molecule has 0 radical (unpaired) electrons. The van der Waals surface area contributed by atoms with Crippen LogP contribution in [0.1, 0.15) is 76.1 Å². The lowest BCUT2D eigenvalue weighted by Crippen LogP contribution is -2.63. The van der Waals surface area contributed by atoms with Gasteiger partial charge in [0.25, 0.3) is 0 Å². The van der Waals surface area contributed by atoms with E-state index < -0.39 is 0 Å². The molecule has 0 saturated heterocycles. The third-order valence-corrected chi connectivity index (χ3v) is 9.08. The summed E-state index contributed by atoms with van der Waals surface area (Å²) in [5.74, 6) is 0.582. The van der Waals surface area contributed by atoms with Crippen molar-refractivity contribution in [3.05, 3.63) is 144 Å². The molecule has 0 heterocycles. The highest BCUT2D eigenvalue weighted by Gasteiger charge is 2.64. The highest BCUT2D eigenvalue weighted by atomic mass is 14.7. The predicted octanol–water partition coefficient (Wildman–Crippen LogP) is 9.81. The molecule has 0 spiro atoms. The second-order valence-corrected chi connectivity index (χ2v) is 11.2. The maximum absolute atomic E-state index is 2.50. The Bertz CT molecular complexity index is 1170. The van der Waals surface area contributed by atoms with Crippen LogP contribution in [0.5, 0.6) is 0 Å². The minimum atomic E-state index is -0.327. The number of hydrogen-bond donors (Lipinski definition) is 0. The molecule has 0 aromatic heterocycles. The van der Waals surface area contributed by atoms with E-state index in [0.29, 0.717) is 5.92 Å². The van der Waals surface area contributed by atoms with Gasteiger partial charge in [-0.3, -0.25) is 0 Å². The minimum Gasteiger partial charge on any atom is -0.0648 e. The standard InChI is InChI=1S/C36H42/c1-7-34(5,6)36(28(2)3,33-26-18-11-19-27-33)35(31-22-14-9-15-23-31,32-24-16-10-17-25-32)29(4)30-20-12-8-13-21-30/h8-29H,7H2,1-6H3. The molecule has 0 bridgehead atoms. The average Bonchev–Trinajstić information content (AvgIpc) is 2.93. The van der Waals surface area contributed by atoms with Crippen LogP contribution < -0.4 is 0 Å². The van der Waals surface area contributed by atoms with Crippen LogP contribution >= 0.6 is 0 Å². The third kappa shape index (κ3) is 3.92. The molecule has 4 rings (SSSR count). The molecule has 0 saturated carbocycles. The smallest absolute Gasteiger partial charge is 0.0372 e. The molecule has 0 aliphatic heterocycles. The summed E-state index contributed by atoms with van der Waals surface area (Å²) in [5, 5.41) is 0. The van der Waals surface area contributed by atoms with Gasteiger partial charge in [0.1, 0.15) is 0 Å². The van der Waals surface area contributed by atoms with Crippen LogP contribution in [-0.4, -0.2) is 0 Å². The van der Waals surface area contributed by atoms with Crippen LogP contribution in [0.3, 0.4) is 0 Å². The summed E-state index contributed by atoms with van der Waals surface area (Å²) < 4.78 is 0. The largest absolute Gasteiger partial charge is 0.0648 e. The first-order chi connectivity index (χ1) is 17.3. The normalized spacial score (nSPS) is 14.9. The molecule has 0 aliphatic rings. The van der Waals surface area contributed by atoms with Gasteiger partial charge in [0.2, 0.25) is 0 Å². The van der Waals surface area contributed by atoms with E-state index in [1.165, 1.54) is 22.3 Å². The van der Waals surface area contributed by atoms with E-state index in [1.807, 2.05) is 0 Å². The molecule has 4 aromatic carbocycles. The zero-order chi connectivity index (χ0) is 25.8. The first-order valence-corrected chi connectivity index (χ1v) is 13.6. The maximum atomic E-state index is 2.50. The lowest BCUT2D eigenvalue weighted by Gasteiger charge is -2.64. The SMILES string of the molecule is CCC(C)(C)C(c1ccccc1)(C(C)C)C(c1ccccc1)(c1ccccc1)C(C)c1ccccc1. The highest BCUT2D eigenvalue weighted by molar-refractivity contribution is 5.54. The van der Waals surface area contributed by atoms with Gasteiger partial charge in [0.05, 0.1) is 0 Å². The fourth-order valence-corrected chi connectivity index (χ4v) is 7.56. The maximum Gasteiger partial charge on any atom is 0.0372 e. The van der Waals surface area contributed by atoms with Crippen molar-refractivity contribution in [1.82, 2.24) is 0 Å². The summed E-state index contributed by atoms with van der Waals surface area (Å²) in [4.78, 5) is 0. The molecule has 4 aromatic rings. The summed E-state index contributed by atoms with van der Waals surface area (Å²) in [6, 6.07) is 45.2. The van der Waals surface area contributed by atoms with Crippen LogP contribution in [0.15, 0.2) is 121 Å². The van der Waals surface area contributed by atoms with Crippen molar-refractivity contribution in [3.63, 3.8) is 0 Å². The predicted molar refractivity (Wildman–Crippen MR) is 156 cm³/mol. The topological polar surface area (TPSA) is 0 Å². The van der Waals surface area contributed by atoms with Crippen LogP contribution in [0, 0.1) is 11.3 Å². The monoisotopic (exact) mass is 474 g/mol. The van der Waals surface area contributed by atoms with Crippen LogP contribution in [0.4, 0.5) is 0 Å². The van der Waals surface area contributed by atoms with E-state index in [2.05, 4.69) is 163 Å². The molecule has 0 heteroatoms. The van der Waals surface area contributed by atoms with Crippen molar-refractivity contribution in [3.8, 4) is 0 Å². The first kappa shape index (κ1) is 26.0. The van der Waals surface area contributed by atoms with E-state index in [4.69, 9.17) is 0 Å². The molecule has 186 valence electrons. The second-order valence-electron chi connectivity index (χ2n) is 11.2. The summed E-state index contributed by atoms with van der Waals surface area (Å²) in [7, 11) is 0. The zero-order valence-corrected chi connectivity index (χ0v) is 22.9. The Labute approximate surface area is 219 Å². The summed E-state index contributed by atoms with van der Waals surface area (Å²) in [6.45, 7) is 14.7. The number of rotatable bonds is 9. The third-order valence-electron chi connectivity index (χ3n) is 9.08. The average molecular weight is 475 g/mol. The number of benzene rings is 4. The molecule has 36 heavy (non-hydrogen) atoms. The Kier molecular flexibility index (Phi) is 7.55. The molecular formula is C36H42. The van der Waals surface area contributed by atoms with E-state index in [-0.39, 0.29) is 22.2 Å². The molecular weight excluding hydrogens is 432 g/mol. The van der Waals surface area contributed by atoms with Gasteiger partial charge >= 0.3 is 0 Å². The van der Waals surface area contributed by atoms with Crippen molar-refractivity contribution < 1.29 is 0 Å². The Balaban J connectivity index is 2.30. The highest BCUT2D eigenvalue weighted by Crippen LogP contribution is 2.66. The fourth-order valence-electron chi connectivity index (χ4n) is 7.56. The van der Waals surface area contributed by atoms with Crippen molar-refractivity contribution in [1.29, 1.82) is 0 Å². The van der Waals surface area contributed by atoms with E-state index >= 15 is 0 Å². The lowest BCUT2D eigenvalue weighted by molar-refractivity contribution is 0.0170. The first-order valence-electron chi connectivity index (χ1n) is 13.6. The van der Waals surface area contributed by atoms with Gasteiger partial charge in [-0.15, -0.1) is 0 Å². The quantitative estimate of drug-likeness (QED) is 0.226. The van der Waals surface area contributed by atoms with Crippen molar-refractivity contribution in [2.45, 2.75) is 64.7 Å². The molecule has 0 nitrogen and oxygen atoms in total. The molecule has 0 amide bonds. The number of hydrogen-bond acceptors (Lipinski definition) is 0. The van der Waals surface area contributed by atoms with Gasteiger partial charge < -0.3 is 0 Å². The molecule has 2 atom stereocenters. The Morgan fingerprint density at radius 2 is 0.889 bits per heavy atom. The van der Waals surface area contributed by atoms with E-state index in [9.17, 15) is 0 Å². The Hall–Kier alpha value is -3.12. The second kappa shape index (κ2) is 10.5. The van der Waals surface area contributed by atoms with Crippen molar-refractivity contribution >= 4 is 0 Å². The summed E-state index contributed by atoms with van der Waals surface area (Å²) in [6.07, 6.45) is 1.07. The van der Waals surface area contributed by atoms with Gasteiger partial charge in [-0.05, 0) is 39.5 Å². The fraction of sp³-hybridized carbons (Fsp3) is 0.333. The van der Waals surface area contributed by atoms with Crippen LogP contribution in [-0.2, 0) is 10.8 Å². The van der Waals surface area contributed by atoms with E-state index in [1.54, 1.807) is 0 Å². The van der Waals surface area contributed by atoms with Gasteiger partial charge in [0.15, 0.2) is 0 Å². The van der Waals surface area contributed by atoms with Crippen molar-refractivity contribution in [2.24, 2.45) is 11.3 Å². The van der Waals surface area contributed by atoms with Gasteiger partial charge in [-0.2, -0.15) is 0 Å². The van der Waals surface area contributed by atoms with Gasteiger partial charge in [-0.1, -0.05) is 169 Å². The lowest BCUT2D eigenvalue weighted by atomic mass is 9.38. The van der Waals surface area contributed by atoms with E-state index in [0.717, 1.165) is 6.42 Å². The molecule has 0 fully saturated rings. The van der Waals surface area contributed by atoms with Crippen LogP contribution in [0.2, 0.25) is 0 Å². The summed E-state index contributed by atoms with van der Waals surface area (Å²) in [5.41, 5.74) is 5.00. The zero-order valence-electron chi connectivity index (χ0n) is 22.9. The van der Waals surface area contributed by atoms with Gasteiger partial charge in [-0.25, -0.2) is 0 Å². The summed E-state index contributed by atoms with van der Waals surface area (Å²) >= 11 is 0. The Morgan fingerprint density at radius 1 is 0.528 bits per heavy atom. The van der Waals surface area contributed by atoms with Gasteiger partial charge in [0, 0.05) is 10.8 Å². The molecule has 2 unspecified atom stereocenters.